The third-order valence-corrected chi connectivity index (χ3v) is 11.7. The van der Waals surface area contributed by atoms with Crippen molar-refractivity contribution >= 4 is 9.04 Å². The summed E-state index contributed by atoms with van der Waals surface area (Å²) in [7, 11) is -0.948. The van der Waals surface area contributed by atoms with Crippen LogP contribution < -0.4 is 0 Å². The topological polar surface area (TPSA) is 9.23 Å². The molecule has 0 spiro atoms. The van der Waals surface area contributed by atoms with E-state index in [1.165, 1.54) is 167 Å². The number of hydrogen-bond acceptors (Lipinski definition) is 1. The fourth-order valence-electron chi connectivity index (χ4n) is 6.10. The Morgan fingerprint density at radius 2 is 1.00 bits per heavy atom. The highest BCUT2D eigenvalue weighted by atomic mass is 28.3. The molecule has 0 amide bonds. The van der Waals surface area contributed by atoms with E-state index in [0.717, 1.165) is 18.1 Å². The molecule has 3 atom stereocenters. The normalized spacial score (nSPS) is 18.3. The van der Waals surface area contributed by atoms with E-state index >= 15 is 0 Å². The average molecular weight is 495 g/mol. The van der Waals surface area contributed by atoms with Crippen LogP contribution in [0.4, 0.5) is 0 Å². The Morgan fingerprint density at radius 1 is 0.559 bits per heavy atom. The lowest BCUT2D eigenvalue weighted by molar-refractivity contribution is 0.269. The molecule has 1 heterocycles. The molecule has 34 heavy (non-hydrogen) atoms. The molecule has 2 heteroatoms. The fraction of sp³-hybridized carbons (Fsp3) is 1.00. The Morgan fingerprint density at radius 3 is 1.44 bits per heavy atom. The molecule has 1 rings (SSSR count). The van der Waals surface area contributed by atoms with Gasteiger partial charge in [-0.25, -0.2) is 0 Å². The van der Waals surface area contributed by atoms with Crippen LogP contribution in [0.1, 0.15) is 181 Å². The molecular weight excluding hydrogens is 428 g/mol. The van der Waals surface area contributed by atoms with Crippen molar-refractivity contribution in [3.05, 3.63) is 0 Å². The molecule has 0 aliphatic carbocycles. The molecule has 0 aromatic heterocycles. The first-order valence-electron chi connectivity index (χ1n) is 16.4. The Bertz CT molecular complexity index is 392. The van der Waals surface area contributed by atoms with Crippen molar-refractivity contribution in [3.63, 3.8) is 0 Å². The molecule has 3 unspecified atom stereocenters. The first-order valence-corrected chi connectivity index (χ1v) is 18.3. The van der Waals surface area contributed by atoms with Crippen LogP contribution in [0.5, 0.6) is 0 Å². The standard InChI is InChI=1S/C32H66OSi/c1-4-6-8-10-12-14-15-17-19-21-23-27-32(34-29-25-24-28-33-34)30-31(3)26-22-20-18-16-13-11-9-7-5-2/h31-32,34H,4-30H2,1-3H3. The van der Waals surface area contributed by atoms with Gasteiger partial charge in [0.25, 0.3) is 0 Å². The summed E-state index contributed by atoms with van der Waals surface area (Å²) in [6, 6.07) is 1.47. The zero-order chi connectivity index (χ0) is 24.5. The van der Waals surface area contributed by atoms with Gasteiger partial charge in [0.15, 0.2) is 9.04 Å². The molecular formula is C32H66OSi. The predicted molar refractivity (Wildman–Crippen MR) is 158 cm³/mol. The summed E-state index contributed by atoms with van der Waals surface area (Å²) in [4.78, 5) is 0. The molecule has 1 nitrogen and oxygen atoms in total. The maximum absolute atomic E-state index is 6.43. The molecule has 0 saturated carbocycles. The first kappa shape index (κ1) is 32.2. The predicted octanol–water partition coefficient (Wildman–Crippen LogP) is 11.5. The van der Waals surface area contributed by atoms with Crippen molar-refractivity contribution in [2.75, 3.05) is 6.61 Å². The lowest BCUT2D eigenvalue weighted by Crippen LogP contribution is -2.30. The molecule has 0 N–H and O–H groups in total. The zero-order valence-electron chi connectivity index (χ0n) is 24.2. The van der Waals surface area contributed by atoms with Gasteiger partial charge in [0, 0.05) is 6.61 Å². The van der Waals surface area contributed by atoms with E-state index in [1.807, 2.05) is 0 Å². The average Bonchev–Trinajstić information content (AvgIpc) is 2.86. The Balaban J connectivity index is 2.11. The molecule has 0 aromatic carbocycles. The molecule has 204 valence electrons. The summed E-state index contributed by atoms with van der Waals surface area (Å²) in [6.07, 6.45) is 36.4. The highest BCUT2D eigenvalue weighted by molar-refractivity contribution is 6.53. The van der Waals surface area contributed by atoms with Gasteiger partial charge in [0.2, 0.25) is 0 Å². The second-order valence-corrected chi connectivity index (χ2v) is 14.9. The molecule has 1 saturated heterocycles. The first-order chi connectivity index (χ1) is 16.8. The third-order valence-electron chi connectivity index (χ3n) is 8.42. The van der Waals surface area contributed by atoms with E-state index in [1.54, 1.807) is 0 Å². The minimum absolute atomic E-state index is 0.917. The van der Waals surface area contributed by atoms with Gasteiger partial charge in [-0.2, -0.15) is 0 Å². The second kappa shape index (κ2) is 24.9. The van der Waals surface area contributed by atoms with Gasteiger partial charge in [-0.05, 0) is 30.3 Å². The van der Waals surface area contributed by atoms with Crippen molar-refractivity contribution in [1.82, 2.24) is 0 Å². The van der Waals surface area contributed by atoms with Crippen LogP contribution in [0, 0.1) is 5.92 Å². The smallest absolute Gasteiger partial charge is 0.179 e. The largest absolute Gasteiger partial charge is 0.420 e. The van der Waals surface area contributed by atoms with Crippen LogP contribution in [-0.2, 0) is 4.43 Å². The van der Waals surface area contributed by atoms with E-state index in [0.29, 0.717) is 0 Å². The molecule has 0 bridgehead atoms. The van der Waals surface area contributed by atoms with Crippen LogP contribution in [-0.4, -0.2) is 15.6 Å². The van der Waals surface area contributed by atoms with Gasteiger partial charge in [-0.15, -0.1) is 0 Å². The highest BCUT2D eigenvalue weighted by Crippen LogP contribution is 2.34. The number of rotatable bonds is 25. The molecule has 0 radical (unpaired) electrons. The van der Waals surface area contributed by atoms with E-state index in [4.69, 9.17) is 4.43 Å². The van der Waals surface area contributed by atoms with Crippen LogP contribution in [0.3, 0.4) is 0 Å². The summed E-state index contributed by atoms with van der Waals surface area (Å²) in [5.74, 6) is 0.917. The summed E-state index contributed by atoms with van der Waals surface area (Å²) in [5, 5.41) is 0. The SMILES string of the molecule is CCCCCCCCCCCCCC(CC(C)CCCCCCCCCCC)[SiH]1CCCCO1. The monoisotopic (exact) mass is 494 g/mol. The molecule has 1 fully saturated rings. The van der Waals surface area contributed by atoms with Crippen LogP contribution in [0.2, 0.25) is 11.6 Å². The van der Waals surface area contributed by atoms with E-state index in [-0.39, 0.29) is 0 Å². The quantitative estimate of drug-likeness (QED) is 0.0905. The second-order valence-electron chi connectivity index (χ2n) is 11.9. The maximum atomic E-state index is 6.43. The summed E-state index contributed by atoms with van der Waals surface area (Å²) in [5.41, 5.74) is 0.965. The van der Waals surface area contributed by atoms with E-state index < -0.39 is 9.04 Å². The lowest BCUT2D eigenvalue weighted by atomic mass is 9.95. The molecule has 1 aliphatic heterocycles. The Kier molecular flexibility index (Phi) is 23.5. The Hall–Kier alpha value is 0.177. The van der Waals surface area contributed by atoms with E-state index in [2.05, 4.69) is 20.8 Å². The molecule has 0 aromatic rings. The molecule has 1 aliphatic rings. The third kappa shape index (κ3) is 19.4. The Labute approximate surface area is 218 Å². The highest BCUT2D eigenvalue weighted by Gasteiger charge is 2.27. The van der Waals surface area contributed by atoms with Crippen LogP contribution >= 0.6 is 0 Å². The zero-order valence-corrected chi connectivity index (χ0v) is 25.4. The fourth-order valence-corrected chi connectivity index (χ4v) is 9.55. The summed E-state index contributed by atoms with van der Waals surface area (Å²) < 4.78 is 6.43. The maximum Gasteiger partial charge on any atom is 0.179 e. The van der Waals surface area contributed by atoms with E-state index in [9.17, 15) is 0 Å². The van der Waals surface area contributed by atoms with Crippen molar-refractivity contribution in [2.24, 2.45) is 5.92 Å². The van der Waals surface area contributed by atoms with Crippen molar-refractivity contribution < 1.29 is 4.43 Å². The van der Waals surface area contributed by atoms with Crippen molar-refractivity contribution in [1.29, 1.82) is 0 Å². The minimum atomic E-state index is -0.948. The van der Waals surface area contributed by atoms with Gasteiger partial charge in [-0.1, -0.05) is 168 Å². The van der Waals surface area contributed by atoms with Gasteiger partial charge in [-0.3, -0.25) is 0 Å². The van der Waals surface area contributed by atoms with Crippen LogP contribution in [0.25, 0.3) is 0 Å². The summed E-state index contributed by atoms with van der Waals surface area (Å²) >= 11 is 0. The van der Waals surface area contributed by atoms with Gasteiger partial charge in [0.05, 0.1) is 0 Å². The van der Waals surface area contributed by atoms with Crippen molar-refractivity contribution in [2.45, 2.75) is 193 Å². The summed E-state index contributed by atoms with van der Waals surface area (Å²) in [6.45, 7) is 8.26. The van der Waals surface area contributed by atoms with Gasteiger partial charge >= 0.3 is 0 Å². The number of hydrogen-bond donors (Lipinski definition) is 0. The van der Waals surface area contributed by atoms with Gasteiger partial charge < -0.3 is 4.43 Å². The lowest BCUT2D eigenvalue weighted by Gasteiger charge is -2.31. The van der Waals surface area contributed by atoms with Crippen molar-refractivity contribution in [3.8, 4) is 0 Å². The van der Waals surface area contributed by atoms with Gasteiger partial charge in [0.1, 0.15) is 0 Å². The van der Waals surface area contributed by atoms with Crippen LogP contribution in [0.15, 0.2) is 0 Å². The number of unbranched alkanes of at least 4 members (excludes halogenated alkanes) is 18. The minimum Gasteiger partial charge on any atom is -0.420 e.